The summed E-state index contributed by atoms with van der Waals surface area (Å²) in [6.45, 7) is 7.29. The van der Waals surface area contributed by atoms with Gasteiger partial charge in [-0.25, -0.2) is 4.39 Å². The Morgan fingerprint density at radius 2 is 1.97 bits per heavy atom. The highest BCUT2D eigenvalue weighted by atomic mass is 19.1. The summed E-state index contributed by atoms with van der Waals surface area (Å²) < 4.78 is 18.7. The average molecular weight is 412 g/mol. The zero-order valence-electron chi connectivity index (χ0n) is 17.9. The molecule has 6 heteroatoms. The zero-order valence-corrected chi connectivity index (χ0v) is 17.9. The molecule has 0 spiro atoms. The first kappa shape index (κ1) is 20.7. The van der Waals surface area contributed by atoms with Crippen LogP contribution in [0.2, 0.25) is 0 Å². The number of rotatable bonds is 5. The molecular weight excluding hydrogens is 381 g/mol. The van der Waals surface area contributed by atoms with Gasteiger partial charge >= 0.3 is 0 Å². The van der Waals surface area contributed by atoms with Crippen molar-refractivity contribution in [2.75, 3.05) is 31.6 Å². The summed E-state index contributed by atoms with van der Waals surface area (Å²) >= 11 is 0. The quantitative estimate of drug-likeness (QED) is 0.821. The fourth-order valence-electron chi connectivity index (χ4n) is 4.65. The Balaban J connectivity index is 1.59. The molecule has 0 saturated carbocycles. The average Bonchev–Trinajstić information content (AvgIpc) is 2.73. The van der Waals surface area contributed by atoms with Gasteiger partial charge in [0.05, 0.1) is 19.1 Å². The van der Waals surface area contributed by atoms with E-state index in [2.05, 4.69) is 27.2 Å². The smallest absolute Gasteiger partial charge is 0.225 e. The number of ether oxygens (including phenoxy) is 1. The van der Waals surface area contributed by atoms with Gasteiger partial charge in [-0.05, 0) is 49.6 Å². The lowest BCUT2D eigenvalue weighted by molar-refractivity contribution is -0.126. The van der Waals surface area contributed by atoms with Gasteiger partial charge in [-0.2, -0.15) is 0 Å². The van der Waals surface area contributed by atoms with Crippen LogP contribution < -0.4 is 15.0 Å². The van der Waals surface area contributed by atoms with Gasteiger partial charge in [-0.3, -0.25) is 9.69 Å². The van der Waals surface area contributed by atoms with E-state index in [1.54, 1.807) is 7.11 Å². The lowest BCUT2D eigenvalue weighted by Gasteiger charge is -2.49. The molecule has 4 rings (SSSR count). The number of nitrogens with one attached hydrogen (secondary N) is 1. The van der Waals surface area contributed by atoms with E-state index in [0.717, 1.165) is 43.9 Å². The molecular formula is C24H30FN3O2. The van der Waals surface area contributed by atoms with Crippen LogP contribution in [0.5, 0.6) is 5.75 Å². The standard InChI is InChI=1S/C24H30FN3O2/c1-16(2)26-24(29)21-12-18-6-9-20(30-3)13-22(18)28-11-10-27(15-23(21)28)14-17-4-7-19(25)8-5-17/h4-9,13,16,21,23H,10-12,14-15H2,1-3H3,(H,26,29)/t21-,23-/m1/s1. The highest BCUT2D eigenvalue weighted by Crippen LogP contribution is 2.38. The third-order valence-corrected chi connectivity index (χ3v) is 6.10. The van der Waals surface area contributed by atoms with E-state index < -0.39 is 0 Å². The second-order valence-corrected chi connectivity index (χ2v) is 8.59. The molecule has 2 aliphatic heterocycles. The molecule has 0 aromatic heterocycles. The van der Waals surface area contributed by atoms with Crippen LogP contribution in [0.4, 0.5) is 10.1 Å². The Labute approximate surface area is 177 Å². The van der Waals surface area contributed by atoms with Crippen molar-refractivity contribution in [3.63, 3.8) is 0 Å². The number of fused-ring (bicyclic) bond motifs is 3. The third kappa shape index (κ3) is 4.29. The lowest BCUT2D eigenvalue weighted by Crippen LogP contribution is -2.61. The molecule has 0 aliphatic carbocycles. The van der Waals surface area contributed by atoms with Crippen molar-refractivity contribution in [3.8, 4) is 5.75 Å². The largest absolute Gasteiger partial charge is 0.497 e. The number of carbonyl (C=O) groups is 1. The van der Waals surface area contributed by atoms with E-state index in [4.69, 9.17) is 4.74 Å². The molecule has 0 radical (unpaired) electrons. The summed E-state index contributed by atoms with van der Waals surface area (Å²) in [5.41, 5.74) is 3.46. The molecule has 2 atom stereocenters. The number of nitrogens with zero attached hydrogens (tertiary/aromatic N) is 2. The summed E-state index contributed by atoms with van der Waals surface area (Å²) in [4.78, 5) is 17.8. The van der Waals surface area contributed by atoms with Gasteiger partial charge in [-0.15, -0.1) is 0 Å². The maximum absolute atomic E-state index is 13.3. The molecule has 1 amide bonds. The molecule has 1 fully saturated rings. The van der Waals surface area contributed by atoms with Gasteiger partial charge in [0.25, 0.3) is 0 Å². The van der Waals surface area contributed by atoms with Crippen LogP contribution >= 0.6 is 0 Å². The van der Waals surface area contributed by atoms with Crippen LogP contribution in [0.1, 0.15) is 25.0 Å². The van der Waals surface area contributed by atoms with Gasteiger partial charge in [0.2, 0.25) is 5.91 Å². The van der Waals surface area contributed by atoms with Crippen molar-refractivity contribution < 1.29 is 13.9 Å². The summed E-state index contributed by atoms with van der Waals surface area (Å²) in [5, 5.41) is 3.12. The van der Waals surface area contributed by atoms with E-state index in [1.807, 2.05) is 32.0 Å². The van der Waals surface area contributed by atoms with Gasteiger partial charge < -0.3 is 15.0 Å². The molecule has 0 unspecified atom stereocenters. The Morgan fingerprint density at radius 3 is 2.67 bits per heavy atom. The minimum absolute atomic E-state index is 0.0950. The Hall–Kier alpha value is -2.60. The van der Waals surface area contributed by atoms with E-state index in [-0.39, 0.29) is 29.7 Å². The number of methoxy groups -OCH3 is 1. The van der Waals surface area contributed by atoms with Crippen LogP contribution in [0, 0.1) is 11.7 Å². The van der Waals surface area contributed by atoms with Gasteiger partial charge in [0.15, 0.2) is 0 Å². The Morgan fingerprint density at radius 1 is 1.20 bits per heavy atom. The van der Waals surface area contributed by atoms with E-state index in [0.29, 0.717) is 0 Å². The molecule has 0 bridgehead atoms. The van der Waals surface area contributed by atoms with Gasteiger partial charge in [0, 0.05) is 44.0 Å². The van der Waals surface area contributed by atoms with E-state index in [9.17, 15) is 9.18 Å². The minimum Gasteiger partial charge on any atom is -0.497 e. The molecule has 5 nitrogen and oxygen atoms in total. The van der Waals surface area contributed by atoms with Crippen LogP contribution in [-0.2, 0) is 17.8 Å². The molecule has 30 heavy (non-hydrogen) atoms. The molecule has 2 heterocycles. The highest BCUT2D eigenvalue weighted by Gasteiger charge is 2.41. The monoisotopic (exact) mass is 411 g/mol. The number of anilines is 1. The van der Waals surface area contributed by atoms with E-state index >= 15 is 0 Å². The van der Waals surface area contributed by atoms with Crippen molar-refractivity contribution in [1.29, 1.82) is 0 Å². The maximum atomic E-state index is 13.3. The predicted molar refractivity (Wildman–Crippen MR) is 116 cm³/mol. The Kier molecular flexibility index (Phi) is 5.95. The molecule has 2 aromatic rings. The third-order valence-electron chi connectivity index (χ3n) is 6.10. The highest BCUT2D eigenvalue weighted by molar-refractivity contribution is 5.82. The van der Waals surface area contributed by atoms with Crippen molar-refractivity contribution in [2.24, 2.45) is 5.92 Å². The van der Waals surface area contributed by atoms with Crippen LogP contribution in [-0.4, -0.2) is 49.6 Å². The number of hydrogen-bond acceptors (Lipinski definition) is 4. The van der Waals surface area contributed by atoms with Crippen LogP contribution in [0.3, 0.4) is 0 Å². The number of piperazine rings is 1. The van der Waals surface area contributed by atoms with Crippen molar-refractivity contribution in [3.05, 3.63) is 59.4 Å². The number of benzene rings is 2. The first-order valence-electron chi connectivity index (χ1n) is 10.7. The predicted octanol–water partition coefficient (Wildman–Crippen LogP) is 3.22. The summed E-state index contributed by atoms with van der Waals surface area (Å²) in [6.07, 6.45) is 0.726. The first-order valence-corrected chi connectivity index (χ1v) is 10.7. The van der Waals surface area contributed by atoms with Crippen molar-refractivity contribution >= 4 is 11.6 Å². The summed E-state index contributed by atoms with van der Waals surface area (Å²) in [6, 6.07) is 13.1. The molecule has 2 aromatic carbocycles. The van der Waals surface area contributed by atoms with Gasteiger partial charge in [0.1, 0.15) is 11.6 Å². The number of hydrogen-bond donors (Lipinski definition) is 1. The topological polar surface area (TPSA) is 44.8 Å². The Bertz CT molecular complexity index is 900. The lowest BCUT2D eigenvalue weighted by atomic mass is 9.83. The fraction of sp³-hybridized carbons (Fsp3) is 0.458. The minimum atomic E-state index is -0.216. The van der Waals surface area contributed by atoms with Crippen molar-refractivity contribution in [1.82, 2.24) is 10.2 Å². The number of amides is 1. The maximum Gasteiger partial charge on any atom is 0.225 e. The molecule has 1 N–H and O–H groups in total. The fourth-order valence-corrected chi connectivity index (χ4v) is 4.65. The van der Waals surface area contributed by atoms with Crippen LogP contribution in [0.15, 0.2) is 42.5 Å². The van der Waals surface area contributed by atoms with E-state index in [1.165, 1.54) is 23.4 Å². The van der Waals surface area contributed by atoms with Gasteiger partial charge in [-0.1, -0.05) is 18.2 Å². The zero-order chi connectivity index (χ0) is 21.3. The SMILES string of the molecule is COc1ccc2c(c1)N1CCN(Cc3ccc(F)cc3)C[C@@H]1[C@H](C(=O)NC(C)C)C2. The number of carbonyl (C=O) groups excluding carboxylic acids is 1. The summed E-state index contributed by atoms with van der Waals surface area (Å²) in [5.74, 6) is 0.632. The van der Waals surface area contributed by atoms with Crippen molar-refractivity contribution in [2.45, 2.75) is 38.9 Å². The molecule has 2 aliphatic rings. The second kappa shape index (κ2) is 8.64. The summed E-state index contributed by atoms with van der Waals surface area (Å²) in [7, 11) is 1.68. The first-order chi connectivity index (χ1) is 14.4. The number of halogens is 1. The van der Waals surface area contributed by atoms with Crippen LogP contribution in [0.25, 0.3) is 0 Å². The normalized spacial score (nSPS) is 21.2. The molecule has 160 valence electrons. The molecule has 1 saturated heterocycles. The second-order valence-electron chi connectivity index (χ2n) is 8.59.